The van der Waals surface area contributed by atoms with Gasteiger partial charge in [0.2, 0.25) is 0 Å². The van der Waals surface area contributed by atoms with E-state index in [1.54, 1.807) is 6.20 Å². The number of nitrogens with zero attached hydrogens (tertiary/aromatic N) is 7. The largest absolute Gasteiger partial charge is 0.503 e. The molecule has 7 aromatic rings. The topological polar surface area (TPSA) is 199 Å². The summed E-state index contributed by atoms with van der Waals surface area (Å²) < 4.78 is 4.91. The van der Waals surface area contributed by atoms with Gasteiger partial charge in [-0.25, -0.2) is 0 Å². The highest BCUT2D eigenvalue weighted by molar-refractivity contribution is 5.92. The van der Waals surface area contributed by atoms with Gasteiger partial charge in [0.25, 0.3) is 22.7 Å². The predicted octanol–water partition coefficient (Wildman–Crippen LogP) is 6.26. The molecule has 2 amide bonds. The normalized spacial score (nSPS) is 15.0. The summed E-state index contributed by atoms with van der Waals surface area (Å²) in [7, 11) is 4.78. The lowest BCUT2D eigenvalue weighted by molar-refractivity contribution is 0.0945. The van der Waals surface area contributed by atoms with Crippen LogP contribution in [0.1, 0.15) is 83.5 Å². The van der Waals surface area contributed by atoms with Crippen LogP contribution in [-0.2, 0) is 31.0 Å². The molecule has 0 radical (unpaired) electrons. The molecule has 0 unspecified atom stereocenters. The van der Waals surface area contributed by atoms with E-state index in [4.69, 9.17) is 0 Å². The van der Waals surface area contributed by atoms with Crippen molar-refractivity contribution < 1.29 is 19.8 Å². The first-order chi connectivity index (χ1) is 30.9. The van der Waals surface area contributed by atoms with Crippen LogP contribution in [0.2, 0.25) is 0 Å². The number of aromatic nitrogens is 7. The van der Waals surface area contributed by atoms with Gasteiger partial charge in [-0.3, -0.25) is 38.2 Å². The third-order valence-corrected chi connectivity index (χ3v) is 12.8. The number of para-hydroxylation sites is 1. The van der Waals surface area contributed by atoms with Gasteiger partial charge in [0.05, 0.1) is 36.7 Å². The van der Waals surface area contributed by atoms with E-state index in [1.807, 2.05) is 48.3 Å². The van der Waals surface area contributed by atoms with Crippen LogP contribution in [-0.4, -0.2) is 70.4 Å². The number of nitrogens with one attached hydrogen (secondary N) is 2. The molecule has 0 spiro atoms. The first kappa shape index (κ1) is 43.2. The summed E-state index contributed by atoms with van der Waals surface area (Å²) in [5.41, 5.74) is 5.05. The van der Waals surface area contributed by atoms with Gasteiger partial charge in [-0.1, -0.05) is 86.3 Å². The van der Waals surface area contributed by atoms with Gasteiger partial charge in [-0.05, 0) is 66.6 Å². The Bertz CT molecular complexity index is 2980. The summed E-state index contributed by atoms with van der Waals surface area (Å²) in [6.07, 6.45) is 14.5. The van der Waals surface area contributed by atoms with Gasteiger partial charge >= 0.3 is 0 Å². The van der Waals surface area contributed by atoms with Crippen LogP contribution < -0.4 is 21.5 Å². The Morgan fingerprint density at radius 1 is 0.656 bits per heavy atom. The lowest BCUT2D eigenvalue weighted by atomic mass is 9.78. The number of fused-ring (bicyclic) bond motifs is 1. The minimum absolute atomic E-state index is 0.191. The van der Waals surface area contributed by atoms with Crippen LogP contribution in [0.3, 0.4) is 0 Å². The minimum atomic E-state index is -0.762. The molecule has 15 heteroatoms. The average molecular weight is 862 g/mol. The third kappa shape index (κ3) is 8.65. The highest BCUT2D eigenvalue weighted by Crippen LogP contribution is 2.45. The SMILES string of the molecule is CNC(=O)c1nn(CC2(c3cccc(-c4ccnn4C)c3)CCCC2)cc(O)c1=O.CNC(=O)c1nn(CC2(c3cccc(-c4cnc5ccccc5c4)c3)CCCC2)cc(O)c1=O. The molecule has 2 fully saturated rings. The number of benzene rings is 3. The van der Waals surface area contributed by atoms with Gasteiger partial charge in [0.15, 0.2) is 22.9 Å². The smallest absolute Gasteiger partial charge is 0.275 e. The Balaban J connectivity index is 0.000000176. The molecule has 2 aliphatic rings. The standard InChI is InChI=1S/C27H26N4O3.C22H25N5O3/c1-28-26(34)24-25(33)23(32)16-31(30-24)17-27(11-4-5-12-27)21-9-6-8-18(14-21)20-13-19-7-2-3-10-22(19)29-15-20;1-23-21(30)19-20(29)18(28)13-27(25-19)14-22(9-3-4-10-22)16-7-5-6-15(12-16)17-8-11-24-26(17)2/h2-3,6-10,13-16,32H,4-5,11-12,17H2,1H3,(H,28,34);5-8,11-13,28H,3-4,9-10,14H2,1-2H3,(H,23,30). The molecule has 0 bridgehead atoms. The lowest BCUT2D eigenvalue weighted by Crippen LogP contribution is -2.33. The summed E-state index contributed by atoms with van der Waals surface area (Å²) in [6, 6.07) is 29.1. The van der Waals surface area contributed by atoms with Crippen LogP contribution in [0.5, 0.6) is 11.5 Å². The number of rotatable bonds is 10. The molecule has 15 nitrogen and oxygen atoms in total. The van der Waals surface area contributed by atoms with Crippen molar-refractivity contribution >= 4 is 22.7 Å². The lowest BCUT2D eigenvalue weighted by Gasteiger charge is -2.31. The van der Waals surface area contributed by atoms with Gasteiger partial charge in [0, 0.05) is 60.9 Å². The summed E-state index contributed by atoms with van der Waals surface area (Å²) in [4.78, 5) is 53.1. The van der Waals surface area contributed by atoms with Crippen molar-refractivity contribution in [2.45, 2.75) is 75.3 Å². The zero-order valence-electron chi connectivity index (χ0n) is 36.1. The predicted molar refractivity (Wildman–Crippen MR) is 243 cm³/mol. The molecule has 0 saturated heterocycles. The molecule has 3 aromatic carbocycles. The maximum Gasteiger partial charge on any atom is 0.275 e. The molecule has 2 saturated carbocycles. The molecule has 2 aliphatic carbocycles. The zero-order valence-corrected chi connectivity index (χ0v) is 36.1. The molecule has 328 valence electrons. The second-order valence-electron chi connectivity index (χ2n) is 16.8. The molecule has 4 heterocycles. The van der Waals surface area contributed by atoms with Crippen LogP contribution in [0, 0.1) is 0 Å². The highest BCUT2D eigenvalue weighted by atomic mass is 16.3. The summed E-state index contributed by atoms with van der Waals surface area (Å²) in [5, 5.41) is 39.0. The van der Waals surface area contributed by atoms with Gasteiger partial charge in [-0.2, -0.15) is 15.3 Å². The Morgan fingerprint density at radius 2 is 1.17 bits per heavy atom. The molecule has 64 heavy (non-hydrogen) atoms. The van der Waals surface area contributed by atoms with Gasteiger partial charge in [0.1, 0.15) is 0 Å². The van der Waals surface area contributed by atoms with Crippen molar-refractivity contribution in [2.75, 3.05) is 14.1 Å². The number of carbonyl (C=O) groups excluding carboxylic acids is 2. The molecule has 0 atom stereocenters. The Hall–Kier alpha value is -7.42. The zero-order chi connectivity index (χ0) is 45.0. The number of pyridine rings is 1. The number of amides is 2. The van der Waals surface area contributed by atoms with Crippen molar-refractivity contribution in [3.8, 4) is 33.9 Å². The molecule has 0 aliphatic heterocycles. The second kappa shape index (κ2) is 18.1. The maximum atomic E-state index is 12.2. The number of aryl methyl sites for hydroxylation is 1. The van der Waals surface area contributed by atoms with Gasteiger partial charge in [-0.15, -0.1) is 0 Å². The van der Waals surface area contributed by atoms with E-state index in [9.17, 15) is 29.4 Å². The Morgan fingerprint density at radius 3 is 1.69 bits per heavy atom. The fourth-order valence-electron chi connectivity index (χ4n) is 9.47. The van der Waals surface area contributed by atoms with Gasteiger partial charge < -0.3 is 20.8 Å². The minimum Gasteiger partial charge on any atom is -0.503 e. The third-order valence-electron chi connectivity index (χ3n) is 12.8. The van der Waals surface area contributed by atoms with E-state index >= 15 is 0 Å². The second-order valence-corrected chi connectivity index (χ2v) is 16.8. The van der Waals surface area contributed by atoms with Crippen molar-refractivity contribution in [3.05, 3.63) is 153 Å². The molecule has 4 aromatic heterocycles. The summed E-state index contributed by atoms with van der Waals surface area (Å²) in [5.74, 6) is -2.16. The van der Waals surface area contributed by atoms with E-state index in [0.29, 0.717) is 13.1 Å². The van der Waals surface area contributed by atoms with Crippen LogP contribution >= 0.6 is 0 Å². The monoisotopic (exact) mass is 861 g/mol. The fourth-order valence-corrected chi connectivity index (χ4v) is 9.47. The van der Waals surface area contributed by atoms with E-state index in [2.05, 4.69) is 85.5 Å². The van der Waals surface area contributed by atoms with E-state index in [1.165, 1.54) is 47.0 Å². The van der Waals surface area contributed by atoms with Crippen molar-refractivity contribution in [1.29, 1.82) is 0 Å². The average Bonchev–Trinajstić information content (AvgIpc) is 4.11. The number of carbonyl (C=O) groups is 2. The Kier molecular flexibility index (Phi) is 12.2. The fraction of sp³-hybridized carbons (Fsp3) is 0.306. The Labute approximate surface area is 369 Å². The maximum absolute atomic E-state index is 12.2. The van der Waals surface area contributed by atoms with Crippen LogP contribution in [0.15, 0.2) is 119 Å². The number of hydrogen-bond acceptors (Lipinski definition) is 10. The van der Waals surface area contributed by atoms with E-state index in [0.717, 1.165) is 84.7 Å². The quantitative estimate of drug-likeness (QED) is 0.122. The highest BCUT2D eigenvalue weighted by Gasteiger charge is 2.38. The summed E-state index contributed by atoms with van der Waals surface area (Å²) in [6.45, 7) is 0.934. The van der Waals surface area contributed by atoms with E-state index in [-0.39, 0.29) is 22.2 Å². The van der Waals surface area contributed by atoms with Crippen LogP contribution in [0.25, 0.3) is 33.3 Å². The van der Waals surface area contributed by atoms with Crippen molar-refractivity contribution in [1.82, 2.24) is 45.0 Å². The molecule has 4 N–H and O–H groups in total. The molecular weight excluding hydrogens is 811 g/mol. The molecular formula is C49H51N9O6. The van der Waals surface area contributed by atoms with E-state index < -0.39 is 34.2 Å². The van der Waals surface area contributed by atoms with Crippen LogP contribution in [0.4, 0.5) is 0 Å². The summed E-state index contributed by atoms with van der Waals surface area (Å²) >= 11 is 0. The molecule has 9 rings (SSSR count). The first-order valence-corrected chi connectivity index (χ1v) is 21.5. The number of aromatic hydroxyl groups is 2. The van der Waals surface area contributed by atoms with Crippen molar-refractivity contribution in [2.24, 2.45) is 7.05 Å². The first-order valence-electron chi connectivity index (χ1n) is 21.5. The number of hydrogen-bond donors (Lipinski definition) is 4. The van der Waals surface area contributed by atoms with Crippen molar-refractivity contribution in [3.63, 3.8) is 0 Å².